The van der Waals surface area contributed by atoms with Crippen molar-refractivity contribution in [2.45, 2.75) is 6.42 Å². The molecule has 0 aliphatic heterocycles. The minimum atomic E-state index is 0.595. The summed E-state index contributed by atoms with van der Waals surface area (Å²) in [6, 6.07) is 15.5. The molecule has 0 bridgehead atoms. The Morgan fingerprint density at radius 1 is 1.19 bits per heavy atom. The maximum absolute atomic E-state index is 5.85. The van der Waals surface area contributed by atoms with Crippen LogP contribution in [0.4, 0.5) is 5.69 Å². The lowest BCUT2D eigenvalue weighted by Crippen LogP contribution is -2.30. The average Bonchev–Trinajstić information content (AvgIpc) is 2.49. The van der Waals surface area contributed by atoms with E-state index in [1.165, 1.54) is 5.56 Å². The van der Waals surface area contributed by atoms with Crippen LogP contribution in [0, 0.1) is 0 Å². The Bertz CT molecular complexity index is 601. The molecule has 0 saturated carbocycles. The topological polar surface area (TPSA) is 33.3 Å². The number of ether oxygens (including phenoxy) is 1. The number of hydrogen-bond acceptors (Lipinski definition) is 2. The largest absolute Gasteiger partial charge is 0.497 e. The minimum Gasteiger partial charge on any atom is -0.497 e. The van der Waals surface area contributed by atoms with Crippen LogP contribution in [-0.4, -0.2) is 18.8 Å². The number of anilines is 1. The fraction of sp³-hybridized carbons (Fsp3) is 0.188. The molecule has 0 aromatic heterocycles. The molecule has 2 rings (SSSR count). The van der Waals surface area contributed by atoms with E-state index in [0.29, 0.717) is 5.11 Å². The van der Waals surface area contributed by atoms with Gasteiger partial charge in [0.25, 0.3) is 0 Å². The maximum Gasteiger partial charge on any atom is 0.170 e. The number of thiocarbonyl (C=S) groups is 1. The highest BCUT2D eigenvalue weighted by Gasteiger charge is 1.99. The summed E-state index contributed by atoms with van der Waals surface area (Å²) in [5, 5.41) is 7.66. The van der Waals surface area contributed by atoms with E-state index in [1.807, 2.05) is 48.5 Å². The molecule has 0 saturated heterocycles. The minimum absolute atomic E-state index is 0.595. The Labute approximate surface area is 135 Å². The lowest BCUT2D eigenvalue weighted by molar-refractivity contribution is 0.415. The van der Waals surface area contributed by atoms with Crippen molar-refractivity contribution in [3.05, 3.63) is 59.1 Å². The first kappa shape index (κ1) is 15.6. The van der Waals surface area contributed by atoms with E-state index in [4.69, 9.17) is 28.6 Å². The molecule has 0 atom stereocenters. The van der Waals surface area contributed by atoms with Gasteiger partial charge in [0, 0.05) is 23.3 Å². The summed E-state index contributed by atoms with van der Waals surface area (Å²) in [7, 11) is 1.64. The smallest absolute Gasteiger partial charge is 0.170 e. The van der Waals surface area contributed by atoms with E-state index in [0.717, 1.165) is 29.4 Å². The van der Waals surface area contributed by atoms with Crippen molar-refractivity contribution in [2.75, 3.05) is 19.0 Å². The van der Waals surface area contributed by atoms with Crippen molar-refractivity contribution in [3.63, 3.8) is 0 Å². The molecular weight excluding hydrogens is 304 g/mol. The molecule has 2 N–H and O–H groups in total. The molecule has 0 unspecified atom stereocenters. The predicted octanol–water partition coefficient (Wildman–Crippen LogP) is 3.88. The first-order chi connectivity index (χ1) is 10.2. The quantitative estimate of drug-likeness (QED) is 0.819. The highest BCUT2D eigenvalue weighted by atomic mass is 35.5. The van der Waals surface area contributed by atoms with E-state index in [1.54, 1.807) is 7.11 Å². The summed E-state index contributed by atoms with van der Waals surface area (Å²) in [6.45, 7) is 0.761. The Kier molecular flexibility index (Phi) is 5.84. The third-order valence-electron chi connectivity index (χ3n) is 2.94. The molecule has 0 heterocycles. The summed E-state index contributed by atoms with van der Waals surface area (Å²) in [5.74, 6) is 0.795. The zero-order valence-electron chi connectivity index (χ0n) is 11.7. The molecule has 2 aromatic rings. The van der Waals surface area contributed by atoms with Gasteiger partial charge in [-0.05, 0) is 48.5 Å². The number of nitrogens with one attached hydrogen (secondary N) is 2. The lowest BCUT2D eigenvalue weighted by atomic mass is 10.1. The number of rotatable bonds is 5. The molecule has 0 radical (unpaired) electrons. The van der Waals surface area contributed by atoms with Gasteiger partial charge in [0.2, 0.25) is 0 Å². The highest BCUT2D eigenvalue weighted by molar-refractivity contribution is 7.80. The van der Waals surface area contributed by atoms with E-state index in [-0.39, 0.29) is 0 Å². The van der Waals surface area contributed by atoms with Gasteiger partial charge in [0.15, 0.2) is 5.11 Å². The van der Waals surface area contributed by atoms with Crippen molar-refractivity contribution in [1.29, 1.82) is 0 Å². The molecule has 5 heteroatoms. The van der Waals surface area contributed by atoms with Crippen LogP contribution in [0.25, 0.3) is 0 Å². The standard InChI is InChI=1S/C16H17ClN2OS/c1-20-15-4-2-3-14(11-15)19-16(21)18-10-9-12-5-7-13(17)8-6-12/h2-8,11H,9-10H2,1H3,(H2,18,19,21). The van der Waals surface area contributed by atoms with Crippen molar-refractivity contribution in [2.24, 2.45) is 0 Å². The van der Waals surface area contributed by atoms with Crippen molar-refractivity contribution < 1.29 is 4.74 Å². The van der Waals surface area contributed by atoms with Crippen LogP contribution < -0.4 is 15.4 Å². The number of hydrogen-bond donors (Lipinski definition) is 2. The van der Waals surface area contributed by atoms with Gasteiger partial charge in [-0.25, -0.2) is 0 Å². The fourth-order valence-corrected chi connectivity index (χ4v) is 2.19. The van der Waals surface area contributed by atoms with Crippen molar-refractivity contribution in [1.82, 2.24) is 5.32 Å². The second kappa shape index (κ2) is 7.86. The number of halogens is 1. The summed E-state index contributed by atoms with van der Waals surface area (Å²) in [4.78, 5) is 0. The van der Waals surface area contributed by atoms with Crippen LogP contribution in [0.2, 0.25) is 5.02 Å². The van der Waals surface area contributed by atoms with Crippen LogP contribution >= 0.6 is 23.8 Å². The average molecular weight is 321 g/mol. The summed E-state index contributed by atoms with van der Waals surface area (Å²) >= 11 is 11.1. The summed E-state index contributed by atoms with van der Waals surface area (Å²) in [5.41, 5.74) is 2.12. The second-order valence-electron chi connectivity index (χ2n) is 4.49. The van der Waals surface area contributed by atoms with Crippen LogP contribution in [-0.2, 0) is 6.42 Å². The van der Waals surface area contributed by atoms with Crippen molar-refractivity contribution in [3.8, 4) is 5.75 Å². The van der Waals surface area contributed by atoms with Crippen LogP contribution in [0.15, 0.2) is 48.5 Å². The molecule has 0 amide bonds. The molecule has 0 fully saturated rings. The number of methoxy groups -OCH3 is 1. The molecule has 0 spiro atoms. The van der Waals surface area contributed by atoms with E-state index < -0.39 is 0 Å². The van der Waals surface area contributed by atoms with Gasteiger partial charge < -0.3 is 15.4 Å². The molecule has 2 aromatic carbocycles. The normalized spacial score (nSPS) is 10.0. The van der Waals surface area contributed by atoms with Gasteiger partial charge in [-0.2, -0.15) is 0 Å². The highest BCUT2D eigenvalue weighted by Crippen LogP contribution is 2.16. The Morgan fingerprint density at radius 3 is 2.67 bits per heavy atom. The third kappa shape index (κ3) is 5.25. The van der Waals surface area contributed by atoms with Crippen LogP contribution in [0.1, 0.15) is 5.56 Å². The Balaban J connectivity index is 1.78. The Hall–Kier alpha value is -1.78. The third-order valence-corrected chi connectivity index (χ3v) is 3.44. The van der Waals surface area contributed by atoms with Gasteiger partial charge in [0.05, 0.1) is 7.11 Å². The zero-order chi connectivity index (χ0) is 15.1. The zero-order valence-corrected chi connectivity index (χ0v) is 13.3. The molecule has 0 aliphatic carbocycles. The first-order valence-corrected chi connectivity index (χ1v) is 7.39. The molecule has 0 aliphatic rings. The van der Waals surface area contributed by atoms with Crippen LogP contribution in [0.5, 0.6) is 5.75 Å². The van der Waals surface area contributed by atoms with Gasteiger partial charge in [-0.3, -0.25) is 0 Å². The second-order valence-corrected chi connectivity index (χ2v) is 5.33. The van der Waals surface area contributed by atoms with Gasteiger partial charge in [-0.15, -0.1) is 0 Å². The number of benzene rings is 2. The Morgan fingerprint density at radius 2 is 1.95 bits per heavy atom. The first-order valence-electron chi connectivity index (χ1n) is 6.61. The fourth-order valence-electron chi connectivity index (χ4n) is 1.85. The van der Waals surface area contributed by atoms with E-state index >= 15 is 0 Å². The lowest BCUT2D eigenvalue weighted by Gasteiger charge is -2.11. The summed E-state index contributed by atoms with van der Waals surface area (Å²) in [6.07, 6.45) is 0.886. The molecular formula is C16H17ClN2OS. The molecule has 21 heavy (non-hydrogen) atoms. The monoisotopic (exact) mass is 320 g/mol. The van der Waals surface area contributed by atoms with E-state index in [9.17, 15) is 0 Å². The summed E-state index contributed by atoms with van der Waals surface area (Å²) < 4.78 is 5.17. The predicted molar refractivity (Wildman–Crippen MR) is 92.4 cm³/mol. The van der Waals surface area contributed by atoms with Crippen LogP contribution in [0.3, 0.4) is 0 Å². The SMILES string of the molecule is COc1cccc(NC(=S)NCCc2ccc(Cl)cc2)c1. The van der Waals surface area contributed by atoms with Gasteiger partial charge >= 0.3 is 0 Å². The molecule has 110 valence electrons. The maximum atomic E-state index is 5.85. The van der Waals surface area contributed by atoms with E-state index in [2.05, 4.69) is 10.6 Å². The van der Waals surface area contributed by atoms with Gasteiger partial charge in [-0.1, -0.05) is 29.8 Å². The molecule has 3 nitrogen and oxygen atoms in total. The van der Waals surface area contributed by atoms with Crippen molar-refractivity contribution >= 4 is 34.6 Å². The van der Waals surface area contributed by atoms with Gasteiger partial charge in [0.1, 0.15) is 5.75 Å².